The Bertz CT molecular complexity index is 3260. The van der Waals surface area contributed by atoms with Crippen LogP contribution in [-0.2, 0) is 0 Å². The Labute approximate surface area is 327 Å². The summed E-state index contributed by atoms with van der Waals surface area (Å²) < 4.78 is 8.72. The van der Waals surface area contributed by atoms with Crippen LogP contribution in [0.3, 0.4) is 0 Å². The zero-order valence-electron chi connectivity index (χ0n) is 30.1. The number of furan rings is 1. The van der Waals surface area contributed by atoms with Crippen molar-refractivity contribution in [3.63, 3.8) is 0 Å². The van der Waals surface area contributed by atoms with E-state index in [0.29, 0.717) is 17.5 Å². The molecule has 0 unspecified atom stereocenters. The molecule has 56 heavy (non-hydrogen) atoms. The highest BCUT2D eigenvalue weighted by atomic mass is 32.1. The number of thiophene rings is 1. The van der Waals surface area contributed by atoms with Gasteiger partial charge in [0.2, 0.25) is 0 Å². The molecule has 0 radical (unpaired) electrons. The highest BCUT2D eigenvalue weighted by molar-refractivity contribution is 7.26. The Kier molecular flexibility index (Phi) is 7.64. The second kappa shape index (κ2) is 13.3. The molecular formula is C51H31N3OS. The van der Waals surface area contributed by atoms with E-state index in [1.165, 1.54) is 53.6 Å². The summed E-state index contributed by atoms with van der Waals surface area (Å²) in [6.07, 6.45) is 0. The maximum Gasteiger partial charge on any atom is 0.164 e. The predicted octanol–water partition coefficient (Wildman–Crippen LogP) is 14.1. The van der Waals surface area contributed by atoms with Crippen LogP contribution < -0.4 is 0 Å². The standard InChI is InChI=1S/C51H31N3OS/c1-3-13-32(14-4-1)34-17-9-18-35(29-34)36-19-10-20-37(30-36)39-22-11-23-40-43-31-38(27-28-46(43)56-48(39)40)50-52-49(33-15-5-2-6-16-33)53-51(54-50)42-24-12-26-45-47(42)41-21-7-8-25-44(41)55-45/h1-31H. The van der Waals surface area contributed by atoms with Crippen LogP contribution in [0.2, 0.25) is 0 Å². The van der Waals surface area contributed by atoms with Gasteiger partial charge in [0.15, 0.2) is 17.5 Å². The fourth-order valence-electron chi connectivity index (χ4n) is 7.84. The number of rotatable bonds is 6. The molecule has 0 bridgehead atoms. The highest BCUT2D eigenvalue weighted by Gasteiger charge is 2.19. The van der Waals surface area contributed by atoms with Crippen molar-refractivity contribution in [3.8, 4) is 67.5 Å². The maximum absolute atomic E-state index is 6.25. The van der Waals surface area contributed by atoms with Gasteiger partial charge in [-0.2, -0.15) is 0 Å². The normalized spacial score (nSPS) is 11.6. The van der Waals surface area contributed by atoms with E-state index in [1.807, 2.05) is 72.0 Å². The Morgan fingerprint density at radius 1 is 0.339 bits per heavy atom. The number of fused-ring (bicyclic) bond motifs is 6. The lowest BCUT2D eigenvalue weighted by Gasteiger charge is -2.10. The summed E-state index contributed by atoms with van der Waals surface area (Å²) in [5.74, 6) is 1.86. The summed E-state index contributed by atoms with van der Waals surface area (Å²) in [4.78, 5) is 15.3. The van der Waals surface area contributed by atoms with Crippen LogP contribution in [0.1, 0.15) is 0 Å². The zero-order valence-corrected chi connectivity index (χ0v) is 30.9. The molecule has 11 rings (SSSR count). The van der Waals surface area contributed by atoms with Gasteiger partial charge in [0.05, 0.1) is 0 Å². The molecule has 8 aromatic carbocycles. The third-order valence-electron chi connectivity index (χ3n) is 10.5. The summed E-state index contributed by atoms with van der Waals surface area (Å²) in [6, 6.07) is 65.8. The van der Waals surface area contributed by atoms with Crippen molar-refractivity contribution in [2.24, 2.45) is 0 Å². The van der Waals surface area contributed by atoms with Gasteiger partial charge in [-0.1, -0.05) is 146 Å². The molecule has 3 aromatic heterocycles. The number of benzene rings is 8. The zero-order chi connectivity index (χ0) is 37.0. The average molecular weight is 734 g/mol. The van der Waals surface area contributed by atoms with Crippen LogP contribution in [0.5, 0.6) is 0 Å². The molecule has 0 aliphatic carbocycles. The third-order valence-corrected chi connectivity index (χ3v) is 11.8. The largest absolute Gasteiger partial charge is 0.456 e. The molecule has 0 aliphatic heterocycles. The van der Waals surface area contributed by atoms with Gasteiger partial charge in [0, 0.05) is 47.6 Å². The number of nitrogens with zero attached hydrogens (tertiary/aromatic N) is 3. The predicted molar refractivity (Wildman–Crippen MR) is 233 cm³/mol. The minimum absolute atomic E-state index is 0.609. The monoisotopic (exact) mass is 733 g/mol. The summed E-state index contributed by atoms with van der Waals surface area (Å²) in [5, 5.41) is 4.43. The van der Waals surface area contributed by atoms with Gasteiger partial charge >= 0.3 is 0 Å². The molecule has 5 heteroatoms. The molecule has 0 N–H and O–H groups in total. The summed E-state index contributed by atoms with van der Waals surface area (Å²) in [7, 11) is 0. The van der Waals surface area contributed by atoms with Crippen LogP contribution in [0.25, 0.3) is 110 Å². The first-order chi connectivity index (χ1) is 27.7. The summed E-state index contributed by atoms with van der Waals surface area (Å²) in [6.45, 7) is 0. The van der Waals surface area contributed by atoms with Gasteiger partial charge in [-0.15, -0.1) is 11.3 Å². The molecule has 0 aliphatic rings. The van der Waals surface area contributed by atoms with E-state index in [-0.39, 0.29) is 0 Å². The van der Waals surface area contributed by atoms with Gasteiger partial charge in [-0.05, 0) is 75.8 Å². The van der Waals surface area contributed by atoms with Crippen molar-refractivity contribution in [2.75, 3.05) is 0 Å². The van der Waals surface area contributed by atoms with Crippen molar-refractivity contribution < 1.29 is 4.42 Å². The van der Waals surface area contributed by atoms with Crippen molar-refractivity contribution >= 4 is 53.4 Å². The molecule has 0 fully saturated rings. The van der Waals surface area contributed by atoms with E-state index in [0.717, 1.165) is 38.6 Å². The van der Waals surface area contributed by atoms with Gasteiger partial charge in [0.25, 0.3) is 0 Å². The molecule has 0 spiro atoms. The Balaban J connectivity index is 1.03. The quantitative estimate of drug-likeness (QED) is 0.171. The first-order valence-electron chi connectivity index (χ1n) is 18.7. The minimum atomic E-state index is 0.609. The third kappa shape index (κ3) is 5.56. The lowest BCUT2D eigenvalue weighted by Crippen LogP contribution is -2.00. The topological polar surface area (TPSA) is 51.8 Å². The van der Waals surface area contributed by atoms with Crippen molar-refractivity contribution in [1.82, 2.24) is 15.0 Å². The van der Waals surface area contributed by atoms with E-state index >= 15 is 0 Å². The number of hydrogen-bond acceptors (Lipinski definition) is 5. The molecule has 11 aromatic rings. The lowest BCUT2D eigenvalue weighted by atomic mass is 9.95. The first-order valence-corrected chi connectivity index (χ1v) is 19.5. The Morgan fingerprint density at radius 3 is 1.70 bits per heavy atom. The van der Waals surface area contributed by atoms with Gasteiger partial charge < -0.3 is 4.42 Å². The fraction of sp³-hybridized carbons (Fsp3) is 0. The van der Waals surface area contributed by atoms with Crippen molar-refractivity contribution in [3.05, 3.63) is 188 Å². The van der Waals surface area contributed by atoms with Crippen LogP contribution in [0, 0.1) is 0 Å². The second-order valence-electron chi connectivity index (χ2n) is 14.0. The first kappa shape index (κ1) is 32.2. The van der Waals surface area contributed by atoms with E-state index in [2.05, 4.69) is 127 Å². The molecule has 0 saturated carbocycles. The van der Waals surface area contributed by atoms with Crippen LogP contribution >= 0.6 is 11.3 Å². The number of para-hydroxylation sites is 1. The SMILES string of the molecule is c1ccc(-c2cccc(-c3cccc(-c4cccc5c4sc4ccc(-c6nc(-c7ccccc7)nc(-c7cccc8oc9ccccc9c78)n6)cc45)c3)c2)cc1. The Morgan fingerprint density at radius 2 is 0.893 bits per heavy atom. The molecule has 0 amide bonds. The molecule has 0 atom stereocenters. The van der Waals surface area contributed by atoms with E-state index in [4.69, 9.17) is 19.4 Å². The molecular weight excluding hydrogens is 703 g/mol. The van der Waals surface area contributed by atoms with Crippen molar-refractivity contribution in [1.29, 1.82) is 0 Å². The molecule has 4 nitrogen and oxygen atoms in total. The average Bonchev–Trinajstić information content (AvgIpc) is 3.85. The lowest BCUT2D eigenvalue weighted by molar-refractivity contribution is 0.669. The second-order valence-corrected chi connectivity index (χ2v) is 15.0. The van der Waals surface area contributed by atoms with Crippen LogP contribution in [0.4, 0.5) is 0 Å². The molecule has 3 heterocycles. The van der Waals surface area contributed by atoms with Crippen molar-refractivity contribution in [2.45, 2.75) is 0 Å². The number of aromatic nitrogens is 3. The maximum atomic E-state index is 6.25. The van der Waals surface area contributed by atoms with E-state index in [9.17, 15) is 0 Å². The van der Waals surface area contributed by atoms with Gasteiger partial charge in [-0.3, -0.25) is 0 Å². The van der Waals surface area contributed by atoms with Gasteiger partial charge in [-0.25, -0.2) is 15.0 Å². The van der Waals surface area contributed by atoms with E-state index in [1.54, 1.807) is 0 Å². The van der Waals surface area contributed by atoms with E-state index < -0.39 is 0 Å². The highest BCUT2D eigenvalue weighted by Crippen LogP contribution is 2.42. The van der Waals surface area contributed by atoms with Gasteiger partial charge in [0.1, 0.15) is 11.2 Å². The fourth-order valence-corrected chi connectivity index (χ4v) is 9.06. The summed E-state index contributed by atoms with van der Waals surface area (Å²) >= 11 is 1.83. The minimum Gasteiger partial charge on any atom is -0.456 e. The summed E-state index contributed by atoms with van der Waals surface area (Å²) in [5.41, 5.74) is 11.7. The number of hydrogen-bond donors (Lipinski definition) is 0. The van der Waals surface area contributed by atoms with Crippen LogP contribution in [0.15, 0.2) is 192 Å². The van der Waals surface area contributed by atoms with Crippen LogP contribution in [-0.4, -0.2) is 15.0 Å². The molecule has 0 saturated heterocycles. The Hall–Kier alpha value is -7.21. The smallest absolute Gasteiger partial charge is 0.164 e. The molecule has 262 valence electrons.